The quantitative estimate of drug-likeness (QED) is 0.857. The molecule has 2 bridgehead atoms. The maximum atomic E-state index is 11.7. The minimum atomic E-state index is 0.182. The molecule has 3 saturated heterocycles. The Balaban J connectivity index is 1.43. The van der Waals surface area contributed by atoms with Gasteiger partial charge in [-0.05, 0) is 12.8 Å². The number of nitrogens with one attached hydrogen (secondary N) is 1. The molecule has 1 aromatic heterocycles. The van der Waals surface area contributed by atoms with Crippen LogP contribution in [-0.2, 0) is 16.1 Å². The van der Waals surface area contributed by atoms with Crippen LogP contribution in [0.2, 0.25) is 0 Å². The normalized spacial score (nSPS) is 28.5. The van der Waals surface area contributed by atoms with Gasteiger partial charge < -0.3 is 15.0 Å². The van der Waals surface area contributed by atoms with Gasteiger partial charge in [-0.3, -0.25) is 9.69 Å². The third-order valence-corrected chi connectivity index (χ3v) is 5.08. The highest BCUT2D eigenvalue weighted by Crippen LogP contribution is 2.29. The molecular weight excluding hydrogens is 294 g/mol. The van der Waals surface area contributed by atoms with Crippen molar-refractivity contribution < 1.29 is 9.53 Å². The van der Waals surface area contributed by atoms with Crippen LogP contribution >= 0.6 is 0 Å². The zero-order valence-corrected chi connectivity index (χ0v) is 13.3. The van der Waals surface area contributed by atoms with Crippen LogP contribution in [0.1, 0.15) is 24.8 Å². The standard InChI is InChI=1S/C16H23N5O2/c22-15-7-13-1-2-14(10-17-15)21(13)11-12-8-18-16(19-9-12)20-3-5-23-6-4-20/h8-9,13-14H,1-7,10-11H2,(H,17,22)/t13-,14+/m1/s1. The molecule has 7 heteroatoms. The molecule has 2 atom stereocenters. The Morgan fingerprint density at radius 2 is 1.91 bits per heavy atom. The molecular formula is C16H23N5O2. The minimum absolute atomic E-state index is 0.182. The van der Waals surface area contributed by atoms with Gasteiger partial charge in [-0.2, -0.15) is 0 Å². The molecule has 0 aliphatic carbocycles. The van der Waals surface area contributed by atoms with Gasteiger partial charge in [-0.15, -0.1) is 0 Å². The van der Waals surface area contributed by atoms with Crippen LogP contribution in [0.5, 0.6) is 0 Å². The molecule has 1 amide bonds. The fourth-order valence-corrected chi connectivity index (χ4v) is 3.80. The highest BCUT2D eigenvalue weighted by molar-refractivity contribution is 5.77. The molecule has 7 nitrogen and oxygen atoms in total. The summed E-state index contributed by atoms with van der Waals surface area (Å²) >= 11 is 0. The molecule has 3 aliphatic rings. The first-order valence-electron chi connectivity index (χ1n) is 8.45. The van der Waals surface area contributed by atoms with Crippen LogP contribution in [0.4, 0.5) is 5.95 Å². The monoisotopic (exact) mass is 317 g/mol. The summed E-state index contributed by atoms with van der Waals surface area (Å²) in [4.78, 5) is 25.4. The summed E-state index contributed by atoms with van der Waals surface area (Å²) in [5, 5.41) is 3.01. The van der Waals surface area contributed by atoms with Gasteiger partial charge in [0.2, 0.25) is 11.9 Å². The lowest BCUT2D eigenvalue weighted by molar-refractivity contribution is -0.121. The number of carbonyl (C=O) groups excluding carboxylic acids is 1. The van der Waals surface area contributed by atoms with E-state index < -0.39 is 0 Å². The Labute approximate surface area is 136 Å². The molecule has 3 fully saturated rings. The number of amides is 1. The number of rotatable bonds is 3. The van der Waals surface area contributed by atoms with E-state index in [1.807, 2.05) is 12.4 Å². The molecule has 23 heavy (non-hydrogen) atoms. The van der Waals surface area contributed by atoms with Gasteiger partial charge in [-0.1, -0.05) is 0 Å². The topological polar surface area (TPSA) is 70.6 Å². The fraction of sp³-hybridized carbons (Fsp3) is 0.688. The lowest BCUT2D eigenvalue weighted by atomic mass is 10.1. The number of ether oxygens (including phenoxy) is 1. The maximum Gasteiger partial charge on any atom is 0.225 e. The van der Waals surface area contributed by atoms with Crippen molar-refractivity contribution >= 4 is 11.9 Å². The third-order valence-electron chi connectivity index (χ3n) is 5.08. The predicted molar refractivity (Wildman–Crippen MR) is 85.0 cm³/mol. The minimum Gasteiger partial charge on any atom is -0.378 e. The van der Waals surface area contributed by atoms with E-state index in [4.69, 9.17) is 4.74 Å². The van der Waals surface area contributed by atoms with Gasteiger partial charge >= 0.3 is 0 Å². The molecule has 4 rings (SSSR count). The van der Waals surface area contributed by atoms with E-state index in [2.05, 4.69) is 25.1 Å². The maximum absolute atomic E-state index is 11.7. The van der Waals surface area contributed by atoms with Gasteiger partial charge in [0.15, 0.2) is 0 Å². The summed E-state index contributed by atoms with van der Waals surface area (Å²) in [6.45, 7) is 4.77. The Morgan fingerprint density at radius 1 is 1.17 bits per heavy atom. The molecule has 0 unspecified atom stereocenters. The number of morpholine rings is 1. The van der Waals surface area contributed by atoms with E-state index in [1.54, 1.807) is 0 Å². The van der Waals surface area contributed by atoms with Crippen LogP contribution in [-0.4, -0.2) is 65.7 Å². The molecule has 1 N–H and O–H groups in total. The summed E-state index contributed by atoms with van der Waals surface area (Å²) in [6.07, 6.45) is 6.75. The van der Waals surface area contributed by atoms with Crippen molar-refractivity contribution in [1.82, 2.24) is 20.2 Å². The largest absolute Gasteiger partial charge is 0.378 e. The SMILES string of the molecule is O=C1C[C@H]2CC[C@@H](CN1)N2Cc1cnc(N2CCOCC2)nc1. The molecule has 4 heterocycles. The Morgan fingerprint density at radius 3 is 2.70 bits per heavy atom. The fourth-order valence-electron chi connectivity index (χ4n) is 3.80. The molecule has 0 radical (unpaired) electrons. The number of hydrogen-bond acceptors (Lipinski definition) is 6. The smallest absolute Gasteiger partial charge is 0.225 e. The number of fused-ring (bicyclic) bond motifs is 2. The van der Waals surface area contributed by atoms with Crippen LogP contribution < -0.4 is 10.2 Å². The van der Waals surface area contributed by atoms with Gasteiger partial charge in [0.05, 0.1) is 13.2 Å². The van der Waals surface area contributed by atoms with Crippen molar-refractivity contribution in [3.63, 3.8) is 0 Å². The van der Waals surface area contributed by atoms with Crippen LogP contribution in [0.3, 0.4) is 0 Å². The first-order valence-corrected chi connectivity index (χ1v) is 8.45. The average Bonchev–Trinajstić information content (AvgIpc) is 2.87. The second-order valence-electron chi connectivity index (χ2n) is 6.56. The second-order valence-corrected chi connectivity index (χ2v) is 6.56. The van der Waals surface area contributed by atoms with Crippen LogP contribution in [0.25, 0.3) is 0 Å². The summed E-state index contributed by atoms with van der Waals surface area (Å²) in [7, 11) is 0. The van der Waals surface area contributed by atoms with Crippen molar-refractivity contribution in [3.05, 3.63) is 18.0 Å². The van der Waals surface area contributed by atoms with Crippen molar-refractivity contribution in [2.45, 2.75) is 37.9 Å². The predicted octanol–water partition coefficient (Wildman–Crippen LogP) is 0.166. The highest BCUT2D eigenvalue weighted by atomic mass is 16.5. The van der Waals surface area contributed by atoms with Gasteiger partial charge in [0.25, 0.3) is 0 Å². The number of carbonyl (C=O) groups is 1. The van der Waals surface area contributed by atoms with Gasteiger partial charge in [-0.25, -0.2) is 9.97 Å². The molecule has 0 saturated carbocycles. The van der Waals surface area contributed by atoms with Crippen molar-refractivity contribution in [2.75, 3.05) is 37.7 Å². The van der Waals surface area contributed by atoms with E-state index in [9.17, 15) is 4.79 Å². The van der Waals surface area contributed by atoms with E-state index >= 15 is 0 Å². The molecule has 1 aromatic rings. The second kappa shape index (κ2) is 6.41. The number of hydrogen-bond donors (Lipinski definition) is 1. The van der Waals surface area contributed by atoms with E-state index in [-0.39, 0.29) is 5.91 Å². The molecule has 3 aliphatic heterocycles. The van der Waals surface area contributed by atoms with E-state index in [1.165, 1.54) is 0 Å². The Bertz CT molecular complexity index is 558. The van der Waals surface area contributed by atoms with Crippen LogP contribution in [0, 0.1) is 0 Å². The van der Waals surface area contributed by atoms with Gasteiger partial charge in [0, 0.05) is 62.6 Å². The number of anilines is 1. The highest BCUT2D eigenvalue weighted by Gasteiger charge is 2.37. The first-order chi connectivity index (χ1) is 11.3. The summed E-state index contributed by atoms with van der Waals surface area (Å²) in [5.41, 5.74) is 1.12. The molecule has 0 spiro atoms. The van der Waals surface area contributed by atoms with Crippen molar-refractivity contribution in [3.8, 4) is 0 Å². The van der Waals surface area contributed by atoms with E-state index in [0.29, 0.717) is 18.5 Å². The lowest BCUT2D eigenvalue weighted by Gasteiger charge is -2.28. The zero-order valence-electron chi connectivity index (χ0n) is 13.3. The van der Waals surface area contributed by atoms with Crippen molar-refractivity contribution in [1.29, 1.82) is 0 Å². The molecule has 0 aromatic carbocycles. The Kier molecular flexibility index (Phi) is 4.13. The van der Waals surface area contributed by atoms with E-state index in [0.717, 1.165) is 63.7 Å². The van der Waals surface area contributed by atoms with Crippen LogP contribution in [0.15, 0.2) is 12.4 Å². The number of aromatic nitrogens is 2. The first kappa shape index (κ1) is 14.8. The lowest BCUT2D eigenvalue weighted by Crippen LogP contribution is -2.38. The van der Waals surface area contributed by atoms with Crippen molar-refractivity contribution in [2.24, 2.45) is 0 Å². The summed E-state index contributed by atoms with van der Waals surface area (Å²) in [5.74, 6) is 0.967. The number of nitrogens with zero attached hydrogens (tertiary/aromatic N) is 4. The average molecular weight is 317 g/mol. The summed E-state index contributed by atoms with van der Waals surface area (Å²) in [6, 6.07) is 0.812. The Hall–Kier alpha value is -1.73. The molecule has 124 valence electrons. The van der Waals surface area contributed by atoms with Gasteiger partial charge in [0.1, 0.15) is 0 Å². The summed E-state index contributed by atoms with van der Waals surface area (Å²) < 4.78 is 5.36. The third kappa shape index (κ3) is 3.16. The zero-order chi connectivity index (χ0) is 15.6.